The van der Waals surface area contributed by atoms with E-state index in [1.165, 1.54) is 0 Å². The van der Waals surface area contributed by atoms with Gasteiger partial charge >= 0.3 is 5.97 Å². The number of carbonyl (C=O) groups excluding carboxylic acids is 1. The van der Waals surface area contributed by atoms with Gasteiger partial charge in [-0.2, -0.15) is 0 Å². The summed E-state index contributed by atoms with van der Waals surface area (Å²) in [4.78, 5) is 12.0. The van der Waals surface area contributed by atoms with Crippen LogP contribution in [0, 0.1) is 0 Å². The molecule has 114 valence electrons. The Morgan fingerprint density at radius 1 is 1.09 bits per heavy atom. The fourth-order valence-electron chi connectivity index (χ4n) is 2.28. The monoisotopic (exact) mass is 295 g/mol. The predicted octanol–water partition coefficient (Wildman–Crippen LogP) is 3.37. The number of hydrogen-bond acceptors (Lipinski definition) is 3. The summed E-state index contributed by atoms with van der Waals surface area (Å²) in [5.74, 6) is -0.602. The van der Waals surface area contributed by atoms with Crippen LogP contribution in [0.2, 0.25) is 0 Å². The van der Waals surface area contributed by atoms with Crippen molar-refractivity contribution < 1.29 is 9.53 Å². The van der Waals surface area contributed by atoms with Crippen LogP contribution in [0.15, 0.2) is 66.7 Å². The largest absolute Gasteiger partial charge is 0.465 e. The minimum atomic E-state index is -0.720. The van der Waals surface area contributed by atoms with Gasteiger partial charge in [-0.05, 0) is 18.1 Å². The van der Waals surface area contributed by atoms with E-state index in [1.807, 2.05) is 72.8 Å². The molecule has 2 aromatic rings. The van der Waals surface area contributed by atoms with Crippen LogP contribution in [0.4, 0.5) is 0 Å². The van der Waals surface area contributed by atoms with Gasteiger partial charge in [0.05, 0.1) is 6.61 Å². The molecule has 0 spiro atoms. The fraction of sp³-hybridized carbons (Fsp3) is 0.211. The highest BCUT2D eigenvalue weighted by molar-refractivity contribution is 5.77. The van der Waals surface area contributed by atoms with Crippen LogP contribution in [-0.2, 0) is 9.53 Å². The van der Waals surface area contributed by atoms with Crippen molar-refractivity contribution in [3.63, 3.8) is 0 Å². The van der Waals surface area contributed by atoms with Gasteiger partial charge in [0, 0.05) is 5.92 Å². The standard InChI is InChI=1S/C19H21NO2/c1-2-22-19(21)18(20)17(16-11-7-4-8-12-16)14-13-15-9-5-3-6-10-15/h3-14,17-18H,2,20H2,1H3. The summed E-state index contributed by atoms with van der Waals surface area (Å²) in [6, 6.07) is 19.0. The third-order valence-electron chi connectivity index (χ3n) is 3.43. The first-order valence-electron chi connectivity index (χ1n) is 7.42. The fourth-order valence-corrected chi connectivity index (χ4v) is 2.28. The van der Waals surface area contributed by atoms with E-state index in [0.717, 1.165) is 11.1 Å². The van der Waals surface area contributed by atoms with Crippen LogP contribution in [0.25, 0.3) is 6.08 Å². The average molecular weight is 295 g/mol. The zero-order valence-electron chi connectivity index (χ0n) is 12.7. The molecule has 2 rings (SSSR count). The molecule has 0 heterocycles. The molecule has 2 aromatic carbocycles. The first kappa shape index (κ1) is 16.0. The molecule has 0 amide bonds. The topological polar surface area (TPSA) is 52.3 Å². The summed E-state index contributed by atoms with van der Waals surface area (Å²) in [5.41, 5.74) is 8.18. The Morgan fingerprint density at radius 2 is 1.68 bits per heavy atom. The number of hydrogen-bond donors (Lipinski definition) is 1. The van der Waals surface area contributed by atoms with E-state index < -0.39 is 6.04 Å². The molecule has 0 saturated heterocycles. The third kappa shape index (κ3) is 4.30. The maximum absolute atomic E-state index is 12.0. The van der Waals surface area contributed by atoms with Crippen LogP contribution in [0.1, 0.15) is 24.0 Å². The van der Waals surface area contributed by atoms with Gasteiger partial charge in [-0.25, -0.2) is 0 Å². The number of ether oxygens (including phenoxy) is 1. The average Bonchev–Trinajstić information content (AvgIpc) is 2.57. The van der Waals surface area contributed by atoms with Crippen molar-refractivity contribution in [1.82, 2.24) is 0 Å². The van der Waals surface area contributed by atoms with Gasteiger partial charge in [-0.15, -0.1) is 0 Å². The zero-order valence-corrected chi connectivity index (χ0v) is 12.7. The van der Waals surface area contributed by atoms with E-state index in [0.29, 0.717) is 6.61 Å². The molecule has 2 N–H and O–H groups in total. The van der Waals surface area contributed by atoms with E-state index in [2.05, 4.69) is 0 Å². The first-order valence-corrected chi connectivity index (χ1v) is 7.42. The van der Waals surface area contributed by atoms with Crippen molar-refractivity contribution in [2.45, 2.75) is 18.9 Å². The maximum Gasteiger partial charge on any atom is 0.323 e. The lowest BCUT2D eigenvalue weighted by Gasteiger charge is -2.20. The van der Waals surface area contributed by atoms with Gasteiger partial charge in [0.1, 0.15) is 6.04 Å². The number of esters is 1. The number of benzene rings is 2. The Kier molecular flexibility index (Phi) is 5.92. The van der Waals surface area contributed by atoms with Crippen molar-refractivity contribution in [3.05, 3.63) is 77.9 Å². The summed E-state index contributed by atoms with van der Waals surface area (Å²) >= 11 is 0. The molecule has 2 atom stereocenters. The maximum atomic E-state index is 12.0. The van der Waals surface area contributed by atoms with Crippen molar-refractivity contribution in [2.75, 3.05) is 6.61 Å². The predicted molar refractivity (Wildman–Crippen MR) is 89.3 cm³/mol. The van der Waals surface area contributed by atoms with Gasteiger partial charge in [0.2, 0.25) is 0 Å². The van der Waals surface area contributed by atoms with Crippen molar-refractivity contribution >= 4 is 12.0 Å². The second-order valence-corrected chi connectivity index (χ2v) is 4.98. The number of rotatable bonds is 6. The van der Waals surface area contributed by atoms with E-state index in [4.69, 9.17) is 10.5 Å². The summed E-state index contributed by atoms with van der Waals surface area (Å²) in [7, 11) is 0. The van der Waals surface area contributed by atoms with Crippen LogP contribution in [-0.4, -0.2) is 18.6 Å². The SMILES string of the molecule is CCOC(=O)C(N)C(C=Cc1ccccc1)c1ccccc1. The highest BCUT2D eigenvalue weighted by Crippen LogP contribution is 2.22. The normalized spacial score (nSPS) is 13.7. The molecule has 0 radical (unpaired) electrons. The number of carbonyl (C=O) groups is 1. The quantitative estimate of drug-likeness (QED) is 0.831. The van der Waals surface area contributed by atoms with Crippen LogP contribution in [0.3, 0.4) is 0 Å². The summed E-state index contributed by atoms with van der Waals surface area (Å²) in [6.07, 6.45) is 3.95. The summed E-state index contributed by atoms with van der Waals surface area (Å²) in [6.45, 7) is 2.11. The molecular formula is C19H21NO2. The minimum Gasteiger partial charge on any atom is -0.465 e. The van der Waals surface area contributed by atoms with E-state index in [-0.39, 0.29) is 11.9 Å². The van der Waals surface area contributed by atoms with Crippen LogP contribution in [0.5, 0.6) is 0 Å². The van der Waals surface area contributed by atoms with E-state index >= 15 is 0 Å². The molecule has 0 aromatic heterocycles. The molecule has 0 fully saturated rings. The van der Waals surface area contributed by atoms with Gasteiger partial charge < -0.3 is 10.5 Å². The lowest BCUT2D eigenvalue weighted by Crippen LogP contribution is -2.37. The Labute approximate surface area is 131 Å². The molecule has 0 saturated carbocycles. The van der Waals surface area contributed by atoms with Gasteiger partial charge in [0.15, 0.2) is 0 Å². The molecule has 3 nitrogen and oxygen atoms in total. The Morgan fingerprint density at radius 3 is 2.27 bits per heavy atom. The molecular weight excluding hydrogens is 274 g/mol. The van der Waals surface area contributed by atoms with Crippen molar-refractivity contribution in [3.8, 4) is 0 Å². The van der Waals surface area contributed by atoms with Gasteiger partial charge in [0.25, 0.3) is 0 Å². The highest BCUT2D eigenvalue weighted by atomic mass is 16.5. The first-order chi connectivity index (χ1) is 10.7. The minimum absolute atomic E-state index is 0.222. The lowest BCUT2D eigenvalue weighted by molar-refractivity contribution is -0.144. The van der Waals surface area contributed by atoms with E-state index in [9.17, 15) is 4.79 Å². The smallest absolute Gasteiger partial charge is 0.323 e. The molecule has 2 unspecified atom stereocenters. The Balaban J connectivity index is 2.26. The van der Waals surface area contributed by atoms with Gasteiger partial charge in [-0.3, -0.25) is 4.79 Å². The second-order valence-electron chi connectivity index (χ2n) is 4.98. The second kappa shape index (κ2) is 8.15. The lowest BCUT2D eigenvalue weighted by atomic mass is 9.91. The molecule has 0 bridgehead atoms. The highest BCUT2D eigenvalue weighted by Gasteiger charge is 2.25. The summed E-state index contributed by atoms with van der Waals surface area (Å²) in [5, 5.41) is 0. The molecule has 3 heteroatoms. The molecule has 22 heavy (non-hydrogen) atoms. The van der Waals surface area contributed by atoms with Crippen LogP contribution < -0.4 is 5.73 Å². The summed E-state index contributed by atoms with van der Waals surface area (Å²) < 4.78 is 5.06. The Hall–Kier alpha value is -2.39. The van der Waals surface area contributed by atoms with Crippen LogP contribution >= 0.6 is 0 Å². The third-order valence-corrected chi connectivity index (χ3v) is 3.43. The van der Waals surface area contributed by atoms with Gasteiger partial charge in [-0.1, -0.05) is 72.8 Å². The number of nitrogens with two attached hydrogens (primary N) is 1. The molecule has 0 aliphatic heterocycles. The van der Waals surface area contributed by atoms with Crippen molar-refractivity contribution in [2.24, 2.45) is 5.73 Å². The Bertz CT molecular complexity index is 608. The molecule has 0 aliphatic rings. The zero-order chi connectivity index (χ0) is 15.8. The molecule has 0 aliphatic carbocycles. The van der Waals surface area contributed by atoms with E-state index in [1.54, 1.807) is 6.92 Å². The van der Waals surface area contributed by atoms with Crippen molar-refractivity contribution in [1.29, 1.82) is 0 Å².